The van der Waals surface area contributed by atoms with Gasteiger partial charge in [-0.15, -0.1) is 0 Å². The van der Waals surface area contributed by atoms with Crippen LogP contribution in [0.3, 0.4) is 0 Å². The maximum Gasteiger partial charge on any atom is 0.194 e. The summed E-state index contributed by atoms with van der Waals surface area (Å²) < 4.78 is 6.75. The van der Waals surface area contributed by atoms with E-state index in [1.807, 2.05) is 19.1 Å². The van der Waals surface area contributed by atoms with E-state index in [0.717, 1.165) is 14.5 Å². The van der Waals surface area contributed by atoms with Crippen molar-refractivity contribution in [3.05, 3.63) is 56.0 Å². The number of methoxy groups -OCH3 is 1. The first-order chi connectivity index (χ1) is 9.43. The number of ether oxygens (including phenoxy) is 1. The monoisotopic (exact) mass is 397 g/mol. The molecule has 0 bridgehead atoms. The third-order valence-corrected chi connectivity index (χ3v) is 4.50. The van der Waals surface area contributed by atoms with E-state index < -0.39 is 0 Å². The predicted molar refractivity (Wildman–Crippen MR) is 87.4 cm³/mol. The number of rotatable bonds is 3. The van der Waals surface area contributed by atoms with Crippen LogP contribution in [0, 0.1) is 6.92 Å². The molecule has 0 radical (unpaired) electrons. The molecule has 2 aromatic rings. The van der Waals surface area contributed by atoms with Crippen LogP contribution < -0.4 is 10.5 Å². The van der Waals surface area contributed by atoms with Crippen molar-refractivity contribution in [3.8, 4) is 5.75 Å². The van der Waals surface area contributed by atoms with Gasteiger partial charge in [-0.05, 0) is 42.8 Å². The van der Waals surface area contributed by atoms with Gasteiger partial charge in [0, 0.05) is 20.1 Å². The lowest BCUT2D eigenvalue weighted by atomic mass is 10.0. The first-order valence-corrected chi connectivity index (χ1v) is 7.46. The van der Waals surface area contributed by atoms with Crippen molar-refractivity contribution in [2.24, 2.45) is 0 Å². The molecule has 0 saturated carbocycles. The van der Waals surface area contributed by atoms with Crippen molar-refractivity contribution >= 4 is 43.3 Å². The molecule has 0 aliphatic rings. The fraction of sp³-hybridized carbons (Fsp3) is 0.133. The molecule has 0 saturated heterocycles. The third kappa shape index (κ3) is 2.88. The minimum atomic E-state index is -0.0908. The van der Waals surface area contributed by atoms with Gasteiger partial charge < -0.3 is 10.5 Å². The molecule has 0 amide bonds. The van der Waals surface area contributed by atoms with E-state index in [1.54, 1.807) is 25.3 Å². The number of carbonyl (C=O) groups excluding carboxylic acids is 1. The second kappa shape index (κ2) is 5.97. The zero-order chi connectivity index (χ0) is 14.9. The molecule has 20 heavy (non-hydrogen) atoms. The van der Waals surface area contributed by atoms with E-state index in [2.05, 4.69) is 31.9 Å². The quantitative estimate of drug-likeness (QED) is 0.617. The highest BCUT2D eigenvalue weighted by Gasteiger charge is 2.15. The summed E-state index contributed by atoms with van der Waals surface area (Å²) in [7, 11) is 1.54. The molecule has 0 heterocycles. The summed E-state index contributed by atoms with van der Waals surface area (Å²) in [5.41, 5.74) is 8.46. The summed E-state index contributed by atoms with van der Waals surface area (Å²) in [6.45, 7) is 1.97. The van der Waals surface area contributed by atoms with Crippen molar-refractivity contribution < 1.29 is 9.53 Å². The van der Waals surface area contributed by atoms with Crippen LogP contribution in [0.2, 0.25) is 0 Å². The Labute approximate surface area is 134 Å². The van der Waals surface area contributed by atoms with E-state index >= 15 is 0 Å². The fourth-order valence-corrected chi connectivity index (χ4v) is 2.83. The Hall–Kier alpha value is -1.33. The van der Waals surface area contributed by atoms with Crippen molar-refractivity contribution in [2.75, 3.05) is 12.8 Å². The maximum absolute atomic E-state index is 12.5. The summed E-state index contributed by atoms with van der Waals surface area (Å²) >= 11 is 6.87. The molecule has 104 valence electrons. The van der Waals surface area contributed by atoms with Crippen LogP contribution in [0.25, 0.3) is 0 Å². The number of halogens is 2. The minimum Gasteiger partial charge on any atom is -0.495 e. The minimum absolute atomic E-state index is 0.0908. The Kier molecular flexibility index (Phi) is 4.50. The standard InChI is InChI=1S/C15H13Br2NO2/c1-8-5-12(17)10(7-11(8)16)15(19)9-3-4-14(20-2)13(18)6-9/h3-7H,18H2,1-2H3. The number of nitrogens with two attached hydrogens (primary N) is 1. The Balaban J connectivity index is 2.46. The Morgan fingerprint density at radius 3 is 2.45 bits per heavy atom. The first kappa shape index (κ1) is 15.1. The molecule has 3 nitrogen and oxygen atoms in total. The van der Waals surface area contributed by atoms with Gasteiger partial charge in [0.15, 0.2) is 5.78 Å². The number of benzene rings is 2. The first-order valence-electron chi connectivity index (χ1n) is 5.88. The highest BCUT2D eigenvalue weighted by atomic mass is 79.9. The zero-order valence-corrected chi connectivity index (χ0v) is 14.2. The number of hydrogen-bond donors (Lipinski definition) is 1. The Morgan fingerprint density at radius 1 is 1.15 bits per heavy atom. The van der Waals surface area contributed by atoms with E-state index in [1.165, 1.54) is 0 Å². The smallest absolute Gasteiger partial charge is 0.194 e. The van der Waals surface area contributed by atoms with Gasteiger partial charge >= 0.3 is 0 Å². The average Bonchev–Trinajstić information content (AvgIpc) is 2.42. The molecule has 5 heteroatoms. The van der Waals surface area contributed by atoms with E-state index in [-0.39, 0.29) is 5.78 Å². The van der Waals surface area contributed by atoms with E-state index in [0.29, 0.717) is 22.6 Å². The molecular weight excluding hydrogens is 386 g/mol. The molecule has 0 aromatic heterocycles. The van der Waals surface area contributed by atoms with Gasteiger partial charge in [-0.1, -0.05) is 31.9 Å². The highest BCUT2D eigenvalue weighted by Crippen LogP contribution is 2.29. The van der Waals surface area contributed by atoms with Crippen molar-refractivity contribution in [1.82, 2.24) is 0 Å². The van der Waals surface area contributed by atoms with E-state index in [4.69, 9.17) is 10.5 Å². The molecule has 0 aliphatic heterocycles. The SMILES string of the molecule is COc1ccc(C(=O)c2cc(Br)c(C)cc2Br)cc1N. The van der Waals surface area contributed by atoms with Gasteiger partial charge in [0.1, 0.15) is 5.75 Å². The average molecular weight is 399 g/mol. The highest BCUT2D eigenvalue weighted by molar-refractivity contribution is 9.11. The van der Waals surface area contributed by atoms with Crippen molar-refractivity contribution in [1.29, 1.82) is 0 Å². The fourth-order valence-electron chi connectivity index (χ4n) is 1.85. The van der Waals surface area contributed by atoms with Gasteiger partial charge in [0.2, 0.25) is 0 Å². The van der Waals surface area contributed by atoms with Crippen LogP contribution in [-0.2, 0) is 0 Å². The van der Waals surface area contributed by atoms with Crippen LogP contribution in [0.4, 0.5) is 5.69 Å². The number of ketones is 1. The van der Waals surface area contributed by atoms with Gasteiger partial charge in [-0.2, -0.15) is 0 Å². The number of hydrogen-bond acceptors (Lipinski definition) is 3. The summed E-state index contributed by atoms with van der Waals surface area (Å²) in [6, 6.07) is 8.74. The van der Waals surface area contributed by atoms with Crippen LogP contribution in [0.15, 0.2) is 39.3 Å². The predicted octanol–water partition coefficient (Wildman–Crippen LogP) is 4.34. The molecule has 0 unspecified atom stereocenters. The van der Waals surface area contributed by atoms with Gasteiger partial charge in [-0.3, -0.25) is 4.79 Å². The Morgan fingerprint density at radius 2 is 1.85 bits per heavy atom. The number of aryl methyl sites for hydroxylation is 1. The normalized spacial score (nSPS) is 10.4. The molecular formula is C15H13Br2NO2. The molecule has 2 aromatic carbocycles. The topological polar surface area (TPSA) is 52.3 Å². The molecule has 0 spiro atoms. The number of nitrogen functional groups attached to an aromatic ring is 1. The van der Waals surface area contributed by atoms with Crippen molar-refractivity contribution in [2.45, 2.75) is 6.92 Å². The summed E-state index contributed by atoms with van der Waals surface area (Å²) in [5, 5.41) is 0. The third-order valence-electron chi connectivity index (χ3n) is 2.98. The molecule has 0 fully saturated rings. The molecule has 0 atom stereocenters. The summed E-state index contributed by atoms with van der Waals surface area (Å²) in [5.74, 6) is 0.470. The van der Waals surface area contributed by atoms with Crippen LogP contribution in [-0.4, -0.2) is 12.9 Å². The van der Waals surface area contributed by atoms with E-state index in [9.17, 15) is 4.79 Å². The summed E-state index contributed by atoms with van der Waals surface area (Å²) in [6.07, 6.45) is 0. The molecule has 0 aliphatic carbocycles. The van der Waals surface area contributed by atoms with Crippen LogP contribution in [0.1, 0.15) is 21.5 Å². The maximum atomic E-state index is 12.5. The van der Waals surface area contributed by atoms with Crippen LogP contribution >= 0.6 is 31.9 Å². The lowest BCUT2D eigenvalue weighted by molar-refractivity contribution is 0.103. The van der Waals surface area contributed by atoms with Gasteiger partial charge in [0.25, 0.3) is 0 Å². The van der Waals surface area contributed by atoms with Gasteiger partial charge in [0.05, 0.1) is 12.8 Å². The van der Waals surface area contributed by atoms with Gasteiger partial charge in [-0.25, -0.2) is 0 Å². The summed E-state index contributed by atoms with van der Waals surface area (Å²) in [4.78, 5) is 12.5. The molecule has 2 rings (SSSR count). The zero-order valence-electron chi connectivity index (χ0n) is 11.0. The second-order valence-corrected chi connectivity index (χ2v) is 6.08. The number of anilines is 1. The number of carbonyl (C=O) groups is 1. The van der Waals surface area contributed by atoms with Crippen LogP contribution in [0.5, 0.6) is 5.75 Å². The second-order valence-electron chi connectivity index (χ2n) is 4.37. The lowest BCUT2D eigenvalue weighted by Gasteiger charge is -2.09. The Bertz CT molecular complexity index is 684. The molecule has 2 N–H and O–H groups in total. The largest absolute Gasteiger partial charge is 0.495 e. The van der Waals surface area contributed by atoms with Crippen molar-refractivity contribution in [3.63, 3.8) is 0 Å². The lowest BCUT2D eigenvalue weighted by Crippen LogP contribution is -2.04.